The van der Waals surface area contributed by atoms with Gasteiger partial charge >= 0.3 is 0 Å². The Morgan fingerprint density at radius 2 is 1.24 bits per heavy atom. The summed E-state index contributed by atoms with van der Waals surface area (Å²) < 4.78 is 20.7. The van der Waals surface area contributed by atoms with E-state index < -0.39 is 112 Å². The lowest BCUT2D eigenvalue weighted by Gasteiger charge is -2.42. The molecule has 0 amide bonds. The molecule has 0 unspecified atom stereocenters. The summed E-state index contributed by atoms with van der Waals surface area (Å²) in [7, 11) is 0. The third-order valence-corrected chi connectivity index (χ3v) is 5.57. The van der Waals surface area contributed by atoms with Gasteiger partial charge in [-0.3, -0.25) is 4.79 Å². The number of hydrogen-bond acceptors (Lipinski definition) is 16. The Morgan fingerprint density at radius 3 is 1.76 bits per heavy atom. The smallest absolute Gasteiger partial charge is 0.189 e. The molecule has 16 heteroatoms. The second kappa shape index (κ2) is 12.9. The molecule has 13 atom stereocenters. The number of carbonyl (C=O) groups excluding carboxylic acids is 1. The van der Waals surface area contributed by atoms with Gasteiger partial charge in [0, 0.05) is 0 Å². The minimum Gasteiger partial charge on any atom is -0.394 e. The second-order valence-electron chi connectivity index (χ2n) is 8.01. The van der Waals surface area contributed by atoms with E-state index in [2.05, 4.69) is 0 Å². The van der Waals surface area contributed by atoms with E-state index in [0.29, 0.717) is 0 Å². The lowest BCUT2D eigenvalue weighted by Crippen LogP contribution is -2.62. The van der Waals surface area contributed by atoms with Crippen LogP contribution >= 0.6 is 0 Å². The SMILES string of the molecule is O=C(CO[C@H]1O[C@H](CO[C@H]2O[C@H](CO)[C@H](O)[C@H](O)[C@H]2O)[C@H](O)[C@H](O)[C@H]1O)[C@@H](O)[C@H](O)[C@@H](O)CO. The Kier molecular flexibility index (Phi) is 11.1. The normalized spacial score (nSPS) is 41.6. The van der Waals surface area contributed by atoms with Gasteiger partial charge in [0.1, 0.15) is 73.8 Å². The molecule has 16 nitrogen and oxygen atoms in total. The van der Waals surface area contributed by atoms with Crippen molar-refractivity contribution < 1.29 is 79.9 Å². The lowest BCUT2D eigenvalue weighted by atomic mass is 9.98. The predicted octanol–water partition coefficient (Wildman–Crippen LogP) is -7.73. The molecule has 0 aliphatic carbocycles. The van der Waals surface area contributed by atoms with Crippen molar-refractivity contribution in [3.05, 3.63) is 0 Å². The highest BCUT2D eigenvalue weighted by atomic mass is 16.7. The van der Waals surface area contributed by atoms with Crippen molar-refractivity contribution in [1.29, 1.82) is 0 Å². The summed E-state index contributed by atoms with van der Waals surface area (Å²) in [4.78, 5) is 12.0. The fraction of sp³-hybridized carbons (Fsp3) is 0.944. The quantitative estimate of drug-likeness (QED) is 0.125. The molecule has 0 aromatic rings. The summed E-state index contributed by atoms with van der Waals surface area (Å²) in [5.41, 5.74) is 0. The van der Waals surface area contributed by atoms with E-state index in [9.17, 15) is 55.9 Å². The predicted molar refractivity (Wildman–Crippen MR) is 102 cm³/mol. The molecule has 11 N–H and O–H groups in total. The molecule has 200 valence electrons. The number of Topliss-reactive ketones (excluding diaryl/α,β-unsaturated/α-hetero) is 1. The highest BCUT2D eigenvalue weighted by Gasteiger charge is 2.47. The third-order valence-electron chi connectivity index (χ3n) is 5.57. The third kappa shape index (κ3) is 6.64. The van der Waals surface area contributed by atoms with Crippen LogP contribution in [-0.4, -0.2) is 168 Å². The molecular weight excluding hydrogens is 472 g/mol. The monoisotopic (exact) mass is 504 g/mol. The molecule has 2 fully saturated rings. The molecule has 2 aliphatic heterocycles. The van der Waals surface area contributed by atoms with Crippen molar-refractivity contribution >= 4 is 5.78 Å². The van der Waals surface area contributed by atoms with E-state index in [1.54, 1.807) is 0 Å². The first-order valence-corrected chi connectivity index (χ1v) is 10.4. The molecular formula is C18H32O16. The first-order valence-electron chi connectivity index (χ1n) is 10.4. The number of aliphatic hydroxyl groups excluding tert-OH is 11. The van der Waals surface area contributed by atoms with E-state index in [-0.39, 0.29) is 0 Å². The zero-order chi connectivity index (χ0) is 25.7. The standard InChI is InChI=1S/C18H32O16/c19-1-5(21)9(23)10(24)6(22)3-31-17-16(30)14(28)12(26)8(34-17)4-32-18-15(29)13(27)11(25)7(2-20)33-18/h5,7-21,23-30H,1-4H2/t5-,7+,8+,9+,10+,11-,12-,13-,14-,15+,16+,17-,18-/m0/s1. The molecule has 0 aromatic carbocycles. The van der Waals surface area contributed by atoms with Crippen LogP contribution in [0.4, 0.5) is 0 Å². The van der Waals surface area contributed by atoms with Gasteiger partial charge in [-0.25, -0.2) is 0 Å². The molecule has 0 spiro atoms. The molecule has 0 radical (unpaired) electrons. The zero-order valence-corrected chi connectivity index (χ0v) is 17.8. The number of rotatable bonds is 11. The van der Waals surface area contributed by atoms with Crippen LogP contribution in [0.3, 0.4) is 0 Å². The van der Waals surface area contributed by atoms with Crippen LogP contribution in [0.5, 0.6) is 0 Å². The number of hydrogen-bond donors (Lipinski definition) is 11. The van der Waals surface area contributed by atoms with Crippen molar-refractivity contribution in [3.63, 3.8) is 0 Å². The number of ether oxygens (including phenoxy) is 4. The molecule has 2 rings (SSSR count). The fourth-order valence-electron chi connectivity index (χ4n) is 3.35. The number of carbonyl (C=O) groups is 1. The summed E-state index contributed by atoms with van der Waals surface area (Å²) in [5, 5.41) is 106. The van der Waals surface area contributed by atoms with Crippen molar-refractivity contribution in [2.24, 2.45) is 0 Å². The van der Waals surface area contributed by atoms with Crippen molar-refractivity contribution in [3.8, 4) is 0 Å². The van der Waals surface area contributed by atoms with E-state index in [1.165, 1.54) is 0 Å². The summed E-state index contributed by atoms with van der Waals surface area (Å²) in [5.74, 6) is -1.16. The van der Waals surface area contributed by atoms with Gasteiger partial charge in [-0.15, -0.1) is 0 Å². The molecule has 2 saturated heterocycles. The Hall–Kier alpha value is -0.930. The van der Waals surface area contributed by atoms with Gasteiger partial charge in [0.25, 0.3) is 0 Å². The van der Waals surface area contributed by atoms with Gasteiger partial charge in [0.05, 0.1) is 19.8 Å². The fourth-order valence-corrected chi connectivity index (χ4v) is 3.35. The van der Waals surface area contributed by atoms with Gasteiger partial charge in [0.15, 0.2) is 18.4 Å². The van der Waals surface area contributed by atoms with Crippen molar-refractivity contribution in [2.75, 3.05) is 26.4 Å². The maximum atomic E-state index is 12.0. The number of aliphatic hydroxyl groups is 11. The molecule has 0 saturated carbocycles. The molecule has 34 heavy (non-hydrogen) atoms. The summed E-state index contributed by atoms with van der Waals surface area (Å²) in [6, 6.07) is 0. The minimum absolute atomic E-state index is 0.620. The average Bonchev–Trinajstić information content (AvgIpc) is 2.84. The Labute approximate surface area is 192 Å². The van der Waals surface area contributed by atoms with Gasteiger partial charge < -0.3 is 75.1 Å². The summed E-state index contributed by atoms with van der Waals surface area (Å²) >= 11 is 0. The van der Waals surface area contributed by atoms with Crippen LogP contribution in [0, 0.1) is 0 Å². The molecule has 0 bridgehead atoms. The van der Waals surface area contributed by atoms with E-state index in [4.69, 9.17) is 24.1 Å². The first-order chi connectivity index (χ1) is 15.9. The number of ketones is 1. The maximum absolute atomic E-state index is 12.0. The van der Waals surface area contributed by atoms with Crippen LogP contribution < -0.4 is 0 Å². The van der Waals surface area contributed by atoms with Gasteiger partial charge in [-0.2, -0.15) is 0 Å². The Balaban J connectivity index is 1.96. The van der Waals surface area contributed by atoms with Crippen molar-refractivity contribution in [1.82, 2.24) is 0 Å². The average molecular weight is 504 g/mol. The van der Waals surface area contributed by atoms with Crippen molar-refractivity contribution in [2.45, 2.75) is 79.7 Å². The summed E-state index contributed by atoms with van der Waals surface area (Å²) in [6.07, 6.45) is -22.6. The first kappa shape index (κ1) is 29.3. The van der Waals surface area contributed by atoms with Crippen LogP contribution in [0.2, 0.25) is 0 Å². The van der Waals surface area contributed by atoms with Gasteiger partial charge in [-0.1, -0.05) is 0 Å². The van der Waals surface area contributed by atoms with E-state index in [1.807, 2.05) is 0 Å². The van der Waals surface area contributed by atoms with Crippen LogP contribution in [0.1, 0.15) is 0 Å². The maximum Gasteiger partial charge on any atom is 0.189 e. The van der Waals surface area contributed by atoms with E-state index in [0.717, 1.165) is 0 Å². The molecule has 0 aromatic heterocycles. The van der Waals surface area contributed by atoms with Gasteiger partial charge in [-0.05, 0) is 0 Å². The van der Waals surface area contributed by atoms with E-state index >= 15 is 0 Å². The Morgan fingerprint density at radius 1 is 0.735 bits per heavy atom. The highest BCUT2D eigenvalue weighted by molar-refractivity contribution is 5.84. The Bertz CT molecular complexity index is 635. The summed E-state index contributed by atoms with van der Waals surface area (Å²) in [6.45, 7) is -3.23. The largest absolute Gasteiger partial charge is 0.394 e. The topological polar surface area (TPSA) is 277 Å². The zero-order valence-electron chi connectivity index (χ0n) is 17.8. The second-order valence-corrected chi connectivity index (χ2v) is 8.01. The highest BCUT2D eigenvalue weighted by Crippen LogP contribution is 2.26. The van der Waals surface area contributed by atoms with Crippen LogP contribution in [0.25, 0.3) is 0 Å². The molecule has 2 aliphatic rings. The lowest BCUT2D eigenvalue weighted by molar-refractivity contribution is -0.330. The molecule has 2 heterocycles. The van der Waals surface area contributed by atoms with Crippen LogP contribution in [-0.2, 0) is 23.7 Å². The van der Waals surface area contributed by atoms with Gasteiger partial charge in [0.2, 0.25) is 0 Å². The minimum atomic E-state index is -2.15. The van der Waals surface area contributed by atoms with Crippen LogP contribution in [0.15, 0.2) is 0 Å².